The van der Waals surface area contributed by atoms with Gasteiger partial charge in [-0.05, 0) is 135 Å². The molecule has 0 saturated heterocycles. The highest BCUT2D eigenvalue weighted by atomic mass is 16.6. The highest BCUT2D eigenvalue weighted by Crippen LogP contribution is 2.15. The molecule has 79 heavy (non-hydrogen) atoms. The lowest BCUT2D eigenvalue weighted by Crippen LogP contribution is -2.30. The van der Waals surface area contributed by atoms with Gasteiger partial charge >= 0.3 is 17.9 Å². The van der Waals surface area contributed by atoms with Crippen molar-refractivity contribution in [2.45, 2.75) is 309 Å². The minimum Gasteiger partial charge on any atom is -0.462 e. The minimum absolute atomic E-state index is 0.0996. The summed E-state index contributed by atoms with van der Waals surface area (Å²) in [6.07, 6.45) is 92.0. The Kier molecular flexibility index (Phi) is 62.8. The van der Waals surface area contributed by atoms with Crippen LogP contribution in [0.3, 0.4) is 0 Å². The molecule has 0 aromatic rings. The lowest BCUT2D eigenvalue weighted by atomic mass is 10.1. The predicted octanol–water partition coefficient (Wildman–Crippen LogP) is 22.8. The summed E-state index contributed by atoms with van der Waals surface area (Å²) >= 11 is 0. The number of carbonyl (C=O) groups is 3. The van der Waals surface area contributed by atoms with E-state index in [4.69, 9.17) is 14.2 Å². The first-order chi connectivity index (χ1) is 39.0. The van der Waals surface area contributed by atoms with E-state index >= 15 is 0 Å². The Hall–Kier alpha value is -4.19. The fourth-order valence-electron chi connectivity index (χ4n) is 8.98. The van der Waals surface area contributed by atoms with Crippen molar-refractivity contribution in [3.05, 3.63) is 122 Å². The van der Waals surface area contributed by atoms with Crippen LogP contribution in [0.15, 0.2) is 122 Å². The van der Waals surface area contributed by atoms with Crippen LogP contribution in [0.5, 0.6) is 0 Å². The Morgan fingerprint density at radius 1 is 0.266 bits per heavy atom. The number of esters is 3. The molecule has 0 saturated carbocycles. The number of rotatable bonds is 59. The van der Waals surface area contributed by atoms with E-state index in [1.807, 2.05) is 0 Å². The molecule has 0 aliphatic rings. The fourth-order valence-corrected chi connectivity index (χ4v) is 8.98. The zero-order valence-corrected chi connectivity index (χ0v) is 51.6. The number of unbranched alkanes of at least 4 members (excludes halogenated alkanes) is 28. The molecule has 0 fully saturated rings. The lowest BCUT2D eigenvalue weighted by Gasteiger charge is -2.18. The maximum atomic E-state index is 12.9. The van der Waals surface area contributed by atoms with Crippen molar-refractivity contribution in [2.75, 3.05) is 13.2 Å². The van der Waals surface area contributed by atoms with E-state index in [1.54, 1.807) is 0 Å². The molecule has 6 heteroatoms. The summed E-state index contributed by atoms with van der Waals surface area (Å²) in [5.74, 6) is -0.942. The molecule has 0 amide bonds. The van der Waals surface area contributed by atoms with Gasteiger partial charge in [0.2, 0.25) is 0 Å². The molecule has 0 radical (unpaired) electrons. The van der Waals surface area contributed by atoms with Crippen molar-refractivity contribution in [2.24, 2.45) is 0 Å². The van der Waals surface area contributed by atoms with Crippen LogP contribution < -0.4 is 0 Å². The Morgan fingerprint density at radius 3 is 0.785 bits per heavy atom. The van der Waals surface area contributed by atoms with E-state index < -0.39 is 6.10 Å². The molecule has 0 aliphatic heterocycles. The van der Waals surface area contributed by atoms with Crippen molar-refractivity contribution >= 4 is 17.9 Å². The second kappa shape index (κ2) is 66.3. The largest absolute Gasteiger partial charge is 0.462 e. The standard InChI is InChI=1S/C73H122O6/c1-4-7-10-13-16-19-22-25-28-31-34-36-39-42-45-48-51-54-57-60-63-66-72(75)78-69-70(68-77-71(74)65-62-59-56-53-50-47-44-41-38-33-30-27-24-21-18-15-12-9-6-3)79-73(76)67-64-61-58-55-52-49-46-43-40-37-35-32-29-26-23-20-17-14-11-8-5-2/h9,12,18,21-23,25-27,30-32,34-35,38-39,41-42,47,50,70H,4-8,10-11,13-17,19-20,24,28-29,33,36-37,40,43-46,48-49,51-69H2,1-3H3/b12-9-,21-18-,25-22-,26-23-,30-27-,34-31-,35-32-,41-38-,42-39-,50-47-. The van der Waals surface area contributed by atoms with Crippen molar-refractivity contribution in [3.8, 4) is 0 Å². The number of allylic oxidation sites excluding steroid dienone is 20. The van der Waals surface area contributed by atoms with Gasteiger partial charge in [-0.3, -0.25) is 14.4 Å². The second-order valence-electron chi connectivity index (χ2n) is 21.6. The van der Waals surface area contributed by atoms with Gasteiger partial charge in [-0.2, -0.15) is 0 Å². The molecule has 0 bridgehead atoms. The van der Waals surface area contributed by atoms with Crippen molar-refractivity contribution in [1.82, 2.24) is 0 Å². The number of hydrogen-bond acceptors (Lipinski definition) is 6. The van der Waals surface area contributed by atoms with E-state index in [0.29, 0.717) is 19.3 Å². The molecule has 0 spiro atoms. The van der Waals surface area contributed by atoms with E-state index in [-0.39, 0.29) is 31.1 Å². The van der Waals surface area contributed by atoms with Gasteiger partial charge in [0.15, 0.2) is 6.10 Å². The first kappa shape index (κ1) is 74.8. The molecule has 0 aromatic carbocycles. The summed E-state index contributed by atoms with van der Waals surface area (Å²) in [4.78, 5) is 38.4. The van der Waals surface area contributed by atoms with Gasteiger partial charge in [0.1, 0.15) is 13.2 Å². The molecule has 1 atom stereocenters. The van der Waals surface area contributed by atoms with Crippen LogP contribution >= 0.6 is 0 Å². The van der Waals surface area contributed by atoms with Crippen LogP contribution in [0.4, 0.5) is 0 Å². The Bertz CT molecular complexity index is 1640. The van der Waals surface area contributed by atoms with E-state index in [0.717, 1.165) is 128 Å². The van der Waals surface area contributed by atoms with Gasteiger partial charge < -0.3 is 14.2 Å². The molecule has 6 nitrogen and oxygen atoms in total. The summed E-state index contributed by atoms with van der Waals surface area (Å²) in [6.45, 7) is 6.48. The predicted molar refractivity (Wildman–Crippen MR) is 343 cm³/mol. The van der Waals surface area contributed by atoms with Crippen molar-refractivity contribution in [1.29, 1.82) is 0 Å². The zero-order valence-electron chi connectivity index (χ0n) is 51.6. The highest BCUT2D eigenvalue weighted by molar-refractivity contribution is 5.71. The highest BCUT2D eigenvalue weighted by Gasteiger charge is 2.19. The van der Waals surface area contributed by atoms with E-state index in [2.05, 4.69) is 142 Å². The summed E-state index contributed by atoms with van der Waals surface area (Å²) in [6, 6.07) is 0. The molecular weight excluding hydrogens is 973 g/mol. The molecule has 450 valence electrons. The second-order valence-corrected chi connectivity index (χ2v) is 21.6. The summed E-state index contributed by atoms with van der Waals surface area (Å²) in [7, 11) is 0. The quantitative estimate of drug-likeness (QED) is 0.0261. The average molecular weight is 1100 g/mol. The SMILES string of the molecule is CC/C=C\C/C=C\C/C=C\C/C=C\C/C=C\CCCCCC(=O)OCC(COC(=O)CCCCCCCC/C=C\C/C=C\C/C=C\CCCCCCC)OC(=O)CCCCCCCCCCC/C=C\C/C=C\CCCCCCC. The summed E-state index contributed by atoms with van der Waals surface area (Å²) in [5, 5.41) is 0. The van der Waals surface area contributed by atoms with Crippen LogP contribution in [0, 0.1) is 0 Å². The maximum absolute atomic E-state index is 12.9. The molecule has 0 rings (SSSR count). The minimum atomic E-state index is -0.806. The van der Waals surface area contributed by atoms with Gasteiger partial charge in [0.05, 0.1) is 0 Å². The number of hydrogen-bond donors (Lipinski definition) is 0. The smallest absolute Gasteiger partial charge is 0.306 e. The monoisotopic (exact) mass is 1090 g/mol. The maximum Gasteiger partial charge on any atom is 0.306 e. The van der Waals surface area contributed by atoms with Crippen molar-refractivity contribution in [3.63, 3.8) is 0 Å². The van der Waals surface area contributed by atoms with Gasteiger partial charge in [-0.25, -0.2) is 0 Å². The average Bonchev–Trinajstić information content (AvgIpc) is 3.45. The van der Waals surface area contributed by atoms with Gasteiger partial charge in [-0.1, -0.05) is 271 Å². The molecule has 1 unspecified atom stereocenters. The third kappa shape index (κ3) is 64.5. The Morgan fingerprint density at radius 2 is 0.494 bits per heavy atom. The van der Waals surface area contributed by atoms with E-state index in [9.17, 15) is 14.4 Å². The lowest BCUT2D eigenvalue weighted by molar-refractivity contribution is -0.167. The summed E-state index contributed by atoms with van der Waals surface area (Å²) < 4.78 is 16.9. The normalized spacial score (nSPS) is 12.9. The van der Waals surface area contributed by atoms with Crippen molar-refractivity contribution < 1.29 is 28.6 Å². The van der Waals surface area contributed by atoms with Crippen LogP contribution in [0.25, 0.3) is 0 Å². The summed E-state index contributed by atoms with van der Waals surface area (Å²) in [5.41, 5.74) is 0. The number of ether oxygens (including phenoxy) is 3. The topological polar surface area (TPSA) is 78.9 Å². The molecule has 0 aliphatic carbocycles. The molecular formula is C73H122O6. The van der Waals surface area contributed by atoms with Crippen LogP contribution in [0.1, 0.15) is 303 Å². The molecule has 0 aromatic heterocycles. The Balaban J connectivity index is 4.49. The van der Waals surface area contributed by atoms with Gasteiger partial charge in [-0.15, -0.1) is 0 Å². The third-order valence-electron chi connectivity index (χ3n) is 13.9. The molecule has 0 N–H and O–H groups in total. The zero-order chi connectivity index (χ0) is 57.1. The van der Waals surface area contributed by atoms with Crippen LogP contribution in [-0.2, 0) is 28.6 Å². The Labute approximate surface area is 488 Å². The van der Waals surface area contributed by atoms with Gasteiger partial charge in [0.25, 0.3) is 0 Å². The van der Waals surface area contributed by atoms with E-state index in [1.165, 1.54) is 135 Å². The van der Waals surface area contributed by atoms with Crippen LogP contribution in [-0.4, -0.2) is 37.2 Å². The third-order valence-corrected chi connectivity index (χ3v) is 13.9. The van der Waals surface area contributed by atoms with Gasteiger partial charge in [0, 0.05) is 19.3 Å². The number of carbonyl (C=O) groups excluding carboxylic acids is 3. The molecule has 0 heterocycles. The first-order valence-corrected chi connectivity index (χ1v) is 33.0. The fraction of sp³-hybridized carbons (Fsp3) is 0.685. The van der Waals surface area contributed by atoms with Crippen LogP contribution in [0.2, 0.25) is 0 Å². The first-order valence-electron chi connectivity index (χ1n) is 33.0.